The topological polar surface area (TPSA) is 64.9 Å². The third-order valence-electron chi connectivity index (χ3n) is 2.88. The molecule has 4 heteroatoms. The zero-order valence-corrected chi connectivity index (χ0v) is 10.9. The largest absolute Gasteiger partial charge is 0.338 e. The summed E-state index contributed by atoms with van der Waals surface area (Å²) in [5.41, 5.74) is 8.36. The summed E-state index contributed by atoms with van der Waals surface area (Å²) < 4.78 is 5.19. The van der Waals surface area contributed by atoms with E-state index in [9.17, 15) is 0 Å². The van der Waals surface area contributed by atoms with Crippen LogP contribution in [-0.2, 0) is 6.42 Å². The molecule has 2 N–H and O–H groups in total. The molecule has 0 saturated heterocycles. The maximum absolute atomic E-state index is 5.94. The van der Waals surface area contributed by atoms with Crippen molar-refractivity contribution in [3.63, 3.8) is 0 Å². The predicted molar refractivity (Wildman–Crippen MR) is 70.1 cm³/mol. The molecular formula is C14H19N3O. The maximum atomic E-state index is 5.94. The maximum Gasteiger partial charge on any atom is 0.243 e. The molecule has 1 aromatic heterocycles. The van der Waals surface area contributed by atoms with E-state index >= 15 is 0 Å². The van der Waals surface area contributed by atoms with Crippen molar-refractivity contribution in [3.8, 4) is 0 Å². The fourth-order valence-corrected chi connectivity index (χ4v) is 1.81. The highest BCUT2D eigenvalue weighted by Crippen LogP contribution is 2.15. The summed E-state index contributed by atoms with van der Waals surface area (Å²) in [6, 6.07) is 8.18. The molecule has 96 valence electrons. The standard InChI is InChI=1S/C14H19N3O/c1-3-4-12(15)14-16-13(17-18-14)9-11-7-5-10(2)6-8-11/h5-8,12H,3-4,9,15H2,1-2H3. The number of nitrogens with two attached hydrogens (primary N) is 1. The van der Waals surface area contributed by atoms with Gasteiger partial charge in [0.15, 0.2) is 5.82 Å². The number of hydrogen-bond acceptors (Lipinski definition) is 4. The quantitative estimate of drug-likeness (QED) is 0.879. The Hall–Kier alpha value is -1.68. The smallest absolute Gasteiger partial charge is 0.243 e. The van der Waals surface area contributed by atoms with Crippen molar-refractivity contribution in [3.05, 3.63) is 47.1 Å². The molecule has 18 heavy (non-hydrogen) atoms. The Morgan fingerprint density at radius 1 is 1.28 bits per heavy atom. The minimum Gasteiger partial charge on any atom is -0.338 e. The average Bonchev–Trinajstić information content (AvgIpc) is 2.81. The van der Waals surface area contributed by atoms with Gasteiger partial charge in [-0.3, -0.25) is 0 Å². The highest BCUT2D eigenvalue weighted by atomic mass is 16.5. The van der Waals surface area contributed by atoms with Crippen LogP contribution in [-0.4, -0.2) is 10.1 Å². The van der Waals surface area contributed by atoms with Crippen LogP contribution in [0.1, 0.15) is 48.6 Å². The second-order valence-electron chi connectivity index (χ2n) is 4.61. The van der Waals surface area contributed by atoms with Crippen LogP contribution < -0.4 is 5.73 Å². The van der Waals surface area contributed by atoms with Crippen molar-refractivity contribution in [2.24, 2.45) is 5.73 Å². The highest BCUT2D eigenvalue weighted by Gasteiger charge is 2.13. The van der Waals surface area contributed by atoms with Gasteiger partial charge in [-0.15, -0.1) is 0 Å². The van der Waals surface area contributed by atoms with Crippen molar-refractivity contribution >= 4 is 0 Å². The van der Waals surface area contributed by atoms with Crippen molar-refractivity contribution in [2.75, 3.05) is 0 Å². The summed E-state index contributed by atoms with van der Waals surface area (Å²) in [7, 11) is 0. The molecule has 4 nitrogen and oxygen atoms in total. The van der Waals surface area contributed by atoms with Crippen LogP contribution in [0.15, 0.2) is 28.8 Å². The van der Waals surface area contributed by atoms with E-state index < -0.39 is 0 Å². The predicted octanol–water partition coefficient (Wildman–Crippen LogP) is 2.77. The SMILES string of the molecule is CCCC(N)c1nc(Cc2ccc(C)cc2)no1. The van der Waals surface area contributed by atoms with Gasteiger partial charge in [0.1, 0.15) is 0 Å². The zero-order valence-electron chi connectivity index (χ0n) is 10.9. The first-order chi connectivity index (χ1) is 8.69. The first-order valence-electron chi connectivity index (χ1n) is 6.32. The van der Waals surface area contributed by atoms with E-state index in [1.807, 2.05) is 0 Å². The fourth-order valence-electron chi connectivity index (χ4n) is 1.81. The lowest BCUT2D eigenvalue weighted by molar-refractivity contribution is 0.345. The fraction of sp³-hybridized carbons (Fsp3) is 0.429. The molecule has 2 rings (SSSR count). The van der Waals surface area contributed by atoms with Crippen LogP contribution in [0.3, 0.4) is 0 Å². The Morgan fingerprint density at radius 3 is 2.67 bits per heavy atom. The lowest BCUT2D eigenvalue weighted by Gasteiger charge is -2.02. The molecule has 0 amide bonds. The van der Waals surface area contributed by atoms with E-state index in [4.69, 9.17) is 10.3 Å². The number of aryl methyl sites for hydroxylation is 1. The molecule has 0 spiro atoms. The van der Waals surface area contributed by atoms with Crippen LogP contribution in [0.2, 0.25) is 0 Å². The second kappa shape index (κ2) is 5.78. The van der Waals surface area contributed by atoms with E-state index in [2.05, 4.69) is 48.3 Å². The molecule has 2 aromatic rings. The minimum atomic E-state index is -0.144. The molecule has 0 radical (unpaired) electrons. The van der Waals surface area contributed by atoms with E-state index in [1.165, 1.54) is 11.1 Å². The molecule has 0 fully saturated rings. The van der Waals surface area contributed by atoms with Gasteiger partial charge in [0, 0.05) is 6.42 Å². The summed E-state index contributed by atoms with van der Waals surface area (Å²) in [6.07, 6.45) is 2.56. The zero-order chi connectivity index (χ0) is 13.0. The Morgan fingerprint density at radius 2 is 2.00 bits per heavy atom. The summed E-state index contributed by atoms with van der Waals surface area (Å²) in [6.45, 7) is 4.16. The number of hydrogen-bond donors (Lipinski definition) is 1. The number of rotatable bonds is 5. The van der Waals surface area contributed by atoms with Crippen molar-refractivity contribution in [1.29, 1.82) is 0 Å². The molecule has 0 aliphatic carbocycles. The Kier molecular flexibility index (Phi) is 4.10. The number of aromatic nitrogens is 2. The van der Waals surface area contributed by atoms with Gasteiger partial charge in [-0.05, 0) is 18.9 Å². The van der Waals surface area contributed by atoms with Crippen molar-refractivity contribution in [2.45, 2.75) is 39.2 Å². The van der Waals surface area contributed by atoms with Gasteiger partial charge in [0.25, 0.3) is 0 Å². The average molecular weight is 245 g/mol. The highest BCUT2D eigenvalue weighted by molar-refractivity contribution is 5.23. The molecule has 1 heterocycles. The molecule has 1 atom stereocenters. The van der Waals surface area contributed by atoms with E-state index in [-0.39, 0.29) is 6.04 Å². The van der Waals surface area contributed by atoms with Crippen LogP contribution in [0.4, 0.5) is 0 Å². The molecule has 0 aliphatic heterocycles. The normalized spacial score (nSPS) is 12.6. The molecule has 0 saturated carbocycles. The monoisotopic (exact) mass is 245 g/mol. The second-order valence-corrected chi connectivity index (χ2v) is 4.61. The van der Waals surface area contributed by atoms with Gasteiger partial charge >= 0.3 is 0 Å². The molecule has 0 bridgehead atoms. The van der Waals surface area contributed by atoms with Gasteiger partial charge < -0.3 is 10.3 Å². The van der Waals surface area contributed by atoms with Gasteiger partial charge in [-0.25, -0.2) is 0 Å². The molecule has 1 aromatic carbocycles. The molecular weight excluding hydrogens is 226 g/mol. The third-order valence-corrected chi connectivity index (χ3v) is 2.88. The molecule has 0 aliphatic rings. The van der Waals surface area contributed by atoms with Gasteiger partial charge in [-0.1, -0.05) is 48.3 Å². The van der Waals surface area contributed by atoms with Gasteiger partial charge in [0.2, 0.25) is 5.89 Å². The van der Waals surface area contributed by atoms with Crippen LogP contribution >= 0.6 is 0 Å². The summed E-state index contributed by atoms with van der Waals surface area (Å²) >= 11 is 0. The van der Waals surface area contributed by atoms with Crippen molar-refractivity contribution < 1.29 is 4.52 Å². The van der Waals surface area contributed by atoms with Gasteiger partial charge in [-0.2, -0.15) is 4.98 Å². The third kappa shape index (κ3) is 3.17. The van der Waals surface area contributed by atoms with Gasteiger partial charge in [0.05, 0.1) is 6.04 Å². The lowest BCUT2D eigenvalue weighted by Crippen LogP contribution is -2.10. The van der Waals surface area contributed by atoms with E-state index in [0.29, 0.717) is 18.1 Å². The van der Waals surface area contributed by atoms with Crippen molar-refractivity contribution in [1.82, 2.24) is 10.1 Å². The van der Waals surface area contributed by atoms with E-state index in [1.54, 1.807) is 0 Å². The summed E-state index contributed by atoms with van der Waals surface area (Å²) in [5, 5.41) is 3.97. The van der Waals surface area contributed by atoms with Crippen LogP contribution in [0.5, 0.6) is 0 Å². The minimum absolute atomic E-state index is 0.144. The van der Waals surface area contributed by atoms with E-state index in [0.717, 1.165) is 12.8 Å². The van der Waals surface area contributed by atoms with Crippen LogP contribution in [0.25, 0.3) is 0 Å². The lowest BCUT2D eigenvalue weighted by atomic mass is 10.1. The first kappa shape index (κ1) is 12.8. The molecule has 1 unspecified atom stereocenters. The Labute approximate surface area is 107 Å². The first-order valence-corrected chi connectivity index (χ1v) is 6.32. The summed E-state index contributed by atoms with van der Waals surface area (Å²) in [4.78, 5) is 4.34. The van der Waals surface area contributed by atoms with Crippen LogP contribution in [0, 0.1) is 6.92 Å². The Bertz CT molecular complexity index is 490. The number of nitrogens with zero attached hydrogens (tertiary/aromatic N) is 2. The summed E-state index contributed by atoms with van der Waals surface area (Å²) in [5.74, 6) is 1.24. The Balaban J connectivity index is 2.04. The number of benzene rings is 1.